The highest BCUT2D eigenvalue weighted by molar-refractivity contribution is 5.64. The Kier molecular flexibility index (Phi) is 2.74. The Hall–Kier alpha value is -0.980. The molecule has 0 saturated carbocycles. The Morgan fingerprint density at radius 2 is 1.75 bits per heavy atom. The number of fused-ring (bicyclic) bond motifs is 1. The second-order valence-corrected chi connectivity index (χ2v) is 2.85. The SMILES string of the molecule is CC.CC1c2ccccc2N1C. The van der Waals surface area contributed by atoms with Crippen LogP contribution in [0.4, 0.5) is 5.69 Å². The van der Waals surface area contributed by atoms with Crippen LogP contribution >= 0.6 is 0 Å². The average molecular weight is 163 g/mol. The van der Waals surface area contributed by atoms with Crippen molar-refractivity contribution in [3.63, 3.8) is 0 Å². The Bertz CT molecular complexity index is 228. The van der Waals surface area contributed by atoms with Crippen molar-refractivity contribution in [3.05, 3.63) is 29.8 Å². The number of hydrogen-bond acceptors (Lipinski definition) is 1. The monoisotopic (exact) mass is 163 g/mol. The molecule has 0 amide bonds. The Morgan fingerprint density at radius 1 is 1.17 bits per heavy atom. The van der Waals surface area contributed by atoms with Crippen molar-refractivity contribution in [3.8, 4) is 0 Å². The number of nitrogens with zero attached hydrogens (tertiary/aromatic N) is 1. The van der Waals surface area contributed by atoms with E-state index in [-0.39, 0.29) is 0 Å². The Morgan fingerprint density at radius 3 is 2.33 bits per heavy atom. The van der Waals surface area contributed by atoms with Crippen LogP contribution in [0, 0.1) is 0 Å². The molecule has 0 radical (unpaired) electrons. The minimum Gasteiger partial charge on any atom is -0.367 e. The molecule has 1 heterocycles. The molecule has 1 aliphatic rings. The first kappa shape index (κ1) is 9.11. The Labute approximate surface area is 75.0 Å². The first-order chi connectivity index (χ1) is 5.80. The summed E-state index contributed by atoms with van der Waals surface area (Å²) in [6, 6.07) is 9.16. The van der Waals surface area contributed by atoms with Gasteiger partial charge in [-0.2, -0.15) is 0 Å². The van der Waals surface area contributed by atoms with Crippen LogP contribution in [0.1, 0.15) is 32.4 Å². The fourth-order valence-corrected chi connectivity index (χ4v) is 1.51. The van der Waals surface area contributed by atoms with E-state index in [2.05, 4.69) is 43.1 Å². The van der Waals surface area contributed by atoms with E-state index < -0.39 is 0 Å². The summed E-state index contributed by atoms with van der Waals surface area (Å²) in [4.78, 5) is 2.29. The van der Waals surface area contributed by atoms with E-state index in [1.165, 1.54) is 11.3 Å². The van der Waals surface area contributed by atoms with Crippen LogP contribution in [0.3, 0.4) is 0 Å². The maximum Gasteiger partial charge on any atom is 0.0531 e. The van der Waals surface area contributed by atoms with Gasteiger partial charge in [-0.25, -0.2) is 0 Å². The molecule has 12 heavy (non-hydrogen) atoms. The largest absolute Gasteiger partial charge is 0.367 e. The molecule has 0 spiro atoms. The number of anilines is 1. The molecule has 0 aromatic heterocycles. The standard InChI is InChI=1S/C9H11N.C2H6/c1-7-8-5-3-4-6-9(8)10(7)2;1-2/h3-7H,1-2H3;1-2H3. The maximum absolute atomic E-state index is 2.29. The van der Waals surface area contributed by atoms with Gasteiger partial charge in [0.05, 0.1) is 6.04 Å². The zero-order chi connectivity index (χ0) is 9.14. The van der Waals surface area contributed by atoms with Gasteiger partial charge in [0.15, 0.2) is 0 Å². The van der Waals surface area contributed by atoms with Gasteiger partial charge in [0, 0.05) is 12.7 Å². The van der Waals surface area contributed by atoms with E-state index in [0.717, 1.165) is 0 Å². The second-order valence-electron chi connectivity index (χ2n) is 2.85. The van der Waals surface area contributed by atoms with E-state index in [0.29, 0.717) is 6.04 Å². The van der Waals surface area contributed by atoms with Gasteiger partial charge in [0.1, 0.15) is 0 Å². The maximum atomic E-state index is 2.29. The summed E-state index contributed by atoms with van der Waals surface area (Å²) in [7, 11) is 2.13. The molecule has 0 aliphatic carbocycles. The van der Waals surface area contributed by atoms with Gasteiger partial charge in [-0.15, -0.1) is 0 Å². The third-order valence-electron chi connectivity index (χ3n) is 2.35. The lowest BCUT2D eigenvalue weighted by molar-refractivity contribution is 0.671. The highest BCUT2D eigenvalue weighted by Gasteiger charge is 2.25. The van der Waals surface area contributed by atoms with E-state index in [1.807, 2.05) is 13.8 Å². The molecule has 0 N–H and O–H groups in total. The normalized spacial score (nSPS) is 18.7. The van der Waals surface area contributed by atoms with Crippen LogP contribution < -0.4 is 4.90 Å². The molecular weight excluding hydrogens is 146 g/mol. The first-order valence-electron chi connectivity index (χ1n) is 4.62. The van der Waals surface area contributed by atoms with Crippen molar-refractivity contribution >= 4 is 5.69 Å². The summed E-state index contributed by atoms with van der Waals surface area (Å²) >= 11 is 0. The summed E-state index contributed by atoms with van der Waals surface area (Å²) < 4.78 is 0. The minimum atomic E-state index is 0.621. The van der Waals surface area contributed by atoms with Crippen LogP contribution in [-0.2, 0) is 0 Å². The van der Waals surface area contributed by atoms with Crippen molar-refractivity contribution in [2.24, 2.45) is 0 Å². The van der Waals surface area contributed by atoms with Crippen molar-refractivity contribution < 1.29 is 0 Å². The van der Waals surface area contributed by atoms with Crippen LogP contribution in [0.5, 0.6) is 0 Å². The summed E-state index contributed by atoms with van der Waals surface area (Å²) in [5.41, 5.74) is 2.86. The molecule has 1 heteroatoms. The molecule has 66 valence electrons. The van der Waals surface area contributed by atoms with Crippen molar-refractivity contribution in [1.82, 2.24) is 0 Å². The number of rotatable bonds is 0. The van der Waals surface area contributed by atoms with Crippen LogP contribution in [0.15, 0.2) is 24.3 Å². The summed E-state index contributed by atoms with van der Waals surface area (Å²) in [6.45, 7) is 6.22. The molecule has 1 unspecified atom stereocenters. The van der Waals surface area contributed by atoms with Gasteiger partial charge in [-0.05, 0) is 18.6 Å². The molecule has 1 aromatic rings. The van der Waals surface area contributed by atoms with Gasteiger partial charge < -0.3 is 4.90 Å². The number of para-hydroxylation sites is 1. The van der Waals surface area contributed by atoms with Crippen LogP contribution in [0.25, 0.3) is 0 Å². The topological polar surface area (TPSA) is 3.24 Å². The zero-order valence-electron chi connectivity index (χ0n) is 8.33. The molecule has 1 aliphatic heterocycles. The molecule has 0 fully saturated rings. The summed E-state index contributed by atoms with van der Waals surface area (Å²) in [5.74, 6) is 0. The molecule has 0 saturated heterocycles. The zero-order valence-corrected chi connectivity index (χ0v) is 8.33. The van der Waals surface area contributed by atoms with E-state index in [4.69, 9.17) is 0 Å². The quantitative estimate of drug-likeness (QED) is 0.567. The smallest absolute Gasteiger partial charge is 0.0531 e. The number of hydrogen-bond donors (Lipinski definition) is 0. The summed E-state index contributed by atoms with van der Waals surface area (Å²) in [5, 5.41) is 0. The van der Waals surface area contributed by atoms with Gasteiger partial charge in [0.2, 0.25) is 0 Å². The molecule has 0 bridgehead atoms. The van der Waals surface area contributed by atoms with Crippen LogP contribution in [0.2, 0.25) is 0 Å². The fourth-order valence-electron chi connectivity index (χ4n) is 1.51. The second kappa shape index (κ2) is 3.61. The summed E-state index contributed by atoms with van der Waals surface area (Å²) in [6.07, 6.45) is 0. The van der Waals surface area contributed by atoms with Gasteiger partial charge in [-0.1, -0.05) is 32.0 Å². The third-order valence-corrected chi connectivity index (χ3v) is 2.35. The van der Waals surface area contributed by atoms with E-state index in [9.17, 15) is 0 Å². The lowest BCUT2D eigenvalue weighted by Crippen LogP contribution is -2.32. The van der Waals surface area contributed by atoms with Crippen molar-refractivity contribution in [2.45, 2.75) is 26.8 Å². The molecule has 2 rings (SSSR count). The molecule has 1 atom stereocenters. The van der Waals surface area contributed by atoms with E-state index >= 15 is 0 Å². The Balaban J connectivity index is 0.000000336. The number of benzene rings is 1. The lowest BCUT2D eigenvalue weighted by Gasteiger charge is -2.39. The van der Waals surface area contributed by atoms with Gasteiger partial charge in [-0.3, -0.25) is 0 Å². The third kappa shape index (κ3) is 1.20. The average Bonchev–Trinajstić information content (AvgIpc) is 2.19. The minimum absolute atomic E-state index is 0.621. The highest BCUT2D eigenvalue weighted by Crippen LogP contribution is 2.40. The predicted octanol–water partition coefficient (Wildman–Crippen LogP) is 3.22. The fraction of sp³-hybridized carbons (Fsp3) is 0.455. The van der Waals surface area contributed by atoms with Gasteiger partial charge >= 0.3 is 0 Å². The van der Waals surface area contributed by atoms with E-state index in [1.54, 1.807) is 0 Å². The lowest BCUT2D eigenvalue weighted by atomic mass is 9.96. The van der Waals surface area contributed by atoms with Crippen molar-refractivity contribution in [1.29, 1.82) is 0 Å². The highest BCUT2D eigenvalue weighted by atomic mass is 15.2. The predicted molar refractivity (Wildman–Crippen MR) is 54.6 cm³/mol. The molecule has 1 aromatic carbocycles. The van der Waals surface area contributed by atoms with Crippen LogP contribution in [-0.4, -0.2) is 7.05 Å². The van der Waals surface area contributed by atoms with Crippen molar-refractivity contribution in [2.75, 3.05) is 11.9 Å². The molecule has 1 nitrogen and oxygen atoms in total. The first-order valence-corrected chi connectivity index (χ1v) is 4.62. The van der Waals surface area contributed by atoms with Gasteiger partial charge in [0.25, 0.3) is 0 Å². The molecular formula is C11H17N.